The van der Waals surface area contributed by atoms with E-state index in [-0.39, 0.29) is 11.3 Å². The van der Waals surface area contributed by atoms with E-state index in [9.17, 15) is 53.3 Å². The zero-order chi connectivity index (χ0) is 21.3. The van der Waals surface area contributed by atoms with Crippen molar-refractivity contribution in [3.8, 4) is 0 Å². The van der Waals surface area contributed by atoms with Gasteiger partial charge in [0.05, 0.1) is 4.92 Å². The van der Waals surface area contributed by atoms with Gasteiger partial charge in [0.1, 0.15) is 0 Å². The molecule has 1 rings (SSSR count). The van der Waals surface area contributed by atoms with Crippen molar-refractivity contribution in [2.24, 2.45) is 0 Å². The van der Waals surface area contributed by atoms with Crippen LogP contribution in [0.2, 0.25) is 0 Å². The van der Waals surface area contributed by atoms with E-state index in [1.807, 2.05) is 0 Å². The molecule has 0 saturated heterocycles. The Kier molecular flexibility index (Phi) is 6.32. The lowest BCUT2D eigenvalue weighted by molar-refractivity contribution is -0.384. The molecular formula is C12H9F6NO6S2. The van der Waals surface area contributed by atoms with E-state index in [2.05, 4.69) is 0 Å². The predicted octanol–water partition coefficient (Wildman–Crippen LogP) is 3.19. The van der Waals surface area contributed by atoms with E-state index in [1.165, 1.54) is 0 Å². The van der Waals surface area contributed by atoms with E-state index in [4.69, 9.17) is 0 Å². The van der Waals surface area contributed by atoms with Gasteiger partial charge < -0.3 is 0 Å². The molecule has 1 aromatic rings. The fraction of sp³-hybridized carbons (Fsp3) is 0.333. The Balaban J connectivity index is 3.25. The van der Waals surface area contributed by atoms with E-state index in [0.29, 0.717) is 6.08 Å². The predicted molar refractivity (Wildman–Crippen MR) is 80.5 cm³/mol. The van der Waals surface area contributed by atoms with Crippen LogP contribution >= 0.6 is 0 Å². The number of nitrogens with zero attached hydrogens (tertiary/aromatic N) is 1. The zero-order valence-electron chi connectivity index (χ0n) is 12.7. The molecule has 7 nitrogen and oxygen atoms in total. The molecule has 0 aliphatic rings. The summed E-state index contributed by atoms with van der Waals surface area (Å²) in [7, 11) is -13.4. The Morgan fingerprint density at radius 3 is 1.67 bits per heavy atom. The van der Waals surface area contributed by atoms with E-state index >= 15 is 0 Å². The minimum absolute atomic E-state index is 0.0492. The number of non-ortho nitro benzene ring substituents is 1. The van der Waals surface area contributed by atoms with E-state index < -0.39 is 46.6 Å². The second-order valence-corrected chi connectivity index (χ2v) is 9.44. The molecule has 0 fully saturated rings. The lowest BCUT2D eigenvalue weighted by Gasteiger charge is -2.19. The minimum atomic E-state index is -6.70. The highest BCUT2D eigenvalue weighted by atomic mass is 32.3. The van der Waals surface area contributed by atoms with Crippen LogP contribution in [0.4, 0.5) is 32.0 Å². The van der Waals surface area contributed by atoms with E-state index in [1.54, 1.807) is 0 Å². The van der Waals surface area contributed by atoms with Crippen molar-refractivity contribution in [1.29, 1.82) is 0 Å². The lowest BCUT2D eigenvalue weighted by Crippen LogP contribution is -2.44. The Labute approximate surface area is 148 Å². The van der Waals surface area contributed by atoms with Crippen molar-refractivity contribution in [2.45, 2.75) is 22.0 Å². The van der Waals surface area contributed by atoms with Gasteiger partial charge in [-0.2, -0.15) is 26.3 Å². The molecule has 0 aliphatic carbocycles. The standard InChI is InChI=1S/C12H9F6NO6S2/c13-11(14,15)26(22,23)10(27(24,25)12(16,17)18)3-1-2-8-4-6-9(7-5-8)19(20)21/h1-2,4-7,10H,3H2/b2-1+. The number of hydrogen-bond acceptors (Lipinski definition) is 6. The number of nitro groups is 1. The summed E-state index contributed by atoms with van der Waals surface area (Å²) in [6.45, 7) is 0. The highest BCUT2D eigenvalue weighted by molar-refractivity contribution is 8.09. The van der Waals surface area contributed by atoms with Crippen molar-refractivity contribution >= 4 is 31.4 Å². The van der Waals surface area contributed by atoms with Gasteiger partial charge in [-0.3, -0.25) is 10.1 Å². The van der Waals surface area contributed by atoms with Crippen molar-refractivity contribution in [3.05, 3.63) is 46.0 Å². The monoisotopic (exact) mass is 441 g/mol. The molecule has 15 heteroatoms. The molecular weight excluding hydrogens is 432 g/mol. The Bertz CT molecular complexity index is 888. The van der Waals surface area contributed by atoms with Crippen LogP contribution < -0.4 is 0 Å². The number of nitro benzene ring substituents is 1. The molecule has 27 heavy (non-hydrogen) atoms. The Morgan fingerprint density at radius 2 is 1.33 bits per heavy atom. The molecule has 0 atom stereocenters. The van der Waals surface area contributed by atoms with Crippen LogP contribution in [0.3, 0.4) is 0 Å². The van der Waals surface area contributed by atoms with Crippen molar-refractivity contribution in [1.82, 2.24) is 0 Å². The molecule has 0 heterocycles. The molecule has 0 amide bonds. The van der Waals surface area contributed by atoms with Crippen molar-refractivity contribution < 1.29 is 48.1 Å². The highest BCUT2D eigenvalue weighted by Crippen LogP contribution is 2.37. The first-order valence-corrected chi connectivity index (χ1v) is 9.62. The number of alkyl halides is 6. The molecule has 1 aromatic carbocycles. The van der Waals surface area contributed by atoms with Gasteiger partial charge in [-0.05, 0) is 24.1 Å². The molecule has 0 aromatic heterocycles. The first-order chi connectivity index (χ1) is 12.0. The first-order valence-electron chi connectivity index (χ1n) is 6.53. The number of halogens is 6. The van der Waals surface area contributed by atoms with Gasteiger partial charge >= 0.3 is 11.0 Å². The highest BCUT2D eigenvalue weighted by Gasteiger charge is 2.62. The van der Waals surface area contributed by atoms with Gasteiger partial charge in [-0.15, -0.1) is 0 Å². The summed E-state index contributed by atoms with van der Waals surface area (Å²) >= 11 is 0. The van der Waals surface area contributed by atoms with Gasteiger partial charge in [-0.1, -0.05) is 12.2 Å². The maximum atomic E-state index is 12.6. The first kappa shape index (κ1) is 22.9. The van der Waals surface area contributed by atoms with Gasteiger partial charge in [0.15, 0.2) is 4.58 Å². The van der Waals surface area contributed by atoms with Crippen LogP contribution in [0, 0.1) is 10.1 Å². The van der Waals surface area contributed by atoms with Gasteiger partial charge in [-0.25, -0.2) is 16.8 Å². The molecule has 0 spiro atoms. The summed E-state index contributed by atoms with van der Waals surface area (Å²) in [4.78, 5) is 9.70. The number of allylic oxidation sites excluding steroid dienone is 1. The van der Waals surface area contributed by atoms with Crippen LogP contribution in [0.1, 0.15) is 12.0 Å². The average Bonchev–Trinajstić information content (AvgIpc) is 2.49. The largest absolute Gasteiger partial charge is 0.498 e. The maximum Gasteiger partial charge on any atom is 0.498 e. The van der Waals surface area contributed by atoms with Crippen LogP contribution in [-0.4, -0.2) is 37.4 Å². The summed E-state index contributed by atoms with van der Waals surface area (Å²) < 4.78 is 117. The van der Waals surface area contributed by atoms with Crippen LogP contribution in [0.15, 0.2) is 30.3 Å². The maximum absolute atomic E-state index is 12.6. The molecule has 0 unspecified atom stereocenters. The van der Waals surface area contributed by atoms with Gasteiger partial charge in [0.2, 0.25) is 0 Å². The minimum Gasteiger partial charge on any atom is -0.258 e. The number of benzene rings is 1. The third kappa shape index (κ3) is 4.97. The van der Waals surface area contributed by atoms with Crippen LogP contribution in [0.25, 0.3) is 6.08 Å². The SMILES string of the molecule is O=[N+]([O-])c1ccc(/C=C/CC(S(=O)(=O)C(F)(F)F)S(=O)(=O)C(F)(F)F)cc1. The topological polar surface area (TPSA) is 111 Å². The summed E-state index contributed by atoms with van der Waals surface area (Å²) in [6, 6.07) is 4.08. The van der Waals surface area contributed by atoms with Crippen molar-refractivity contribution in [3.63, 3.8) is 0 Å². The van der Waals surface area contributed by atoms with E-state index in [0.717, 1.165) is 30.3 Å². The molecule has 0 radical (unpaired) electrons. The number of rotatable bonds is 6. The quantitative estimate of drug-likeness (QED) is 0.381. The fourth-order valence-electron chi connectivity index (χ4n) is 1.74. The number of hydrogen-bond donors (Lipinski definition) is 0. The average molecular weight is 441 g/mol. The Hall–Kier alpha value is -2.16. The van der Waals surface area contributed by atoms with Crippen molar-refractivity contribution in [2.75, 3.05) is 0 Å². The third-order valence-corrected chi connectivity index (χ3v) is 7.66. The Morgan fingerprint density at radius 1 is 0.926 bits per heavy atom. The zero-order valence-corrected chi connectivity index (χ0v) is 14.4. The van der Waals surface area contributed by atoms with Crippen LogP contribution in [0.5, 0.6) is 0 Å². The van der Waals surface area contributed by atoms with Crippen LogP contribution in [-0.2, 0) is 19.7 Å². The summed E-state index contributed by atoms with van der Waals surface area (Å²) in [5.74, 6) is 0. The summed E-state index contributed by atoms with van der Waals surface area (Å²) in [5, 5.41) is 10.5. The summed E-state index contributed by atoms with van der Waals surface area (Å²) in [5.41, 5.74) is -12.8. The summed E-state index contributed by atoms with van der Waals surface area (Å²) in [6.07, 6.45) is -0.326. The molecule has 0 bridgehead atoms. The third-order valence-electron chi connectivity index (χ3n) is 3.08. The molecule has 0 N–H and O–H groups in total. The second-order valence-electron chi connectivity index (χ2n) is 4.90. The lowest BCUT2D eigenvalue weighted by atomic mass is 10.2. The smallest absolute Gasteiger partial charge is 0.258 e. The molecule has 152 valence electrons. The molecule has 0 saturated carbocycles. The van der Waals surface area contributed by atoms with Gasteiger partial charge in [0, 0.05) is 12.1 Å². The fourth-order valence-corrected chi connectivity index (χ4v) is 5.05. The number of sulfone groups is 2. The van der Waals surface area contributed by atoms with Gasteiger partial charge in [0.25, 0.3) is 25.4 Å². The normalized spacial score (nSPS) is 14.0. The molecule has 0 aliphatic heterocycles. The second kappa shape index (κ2) is 7.46.